The molecule has 1 aromatic rings. The number of carbonyl (C=O) groups is 1. The van der Waals surface area contributed by atoms with Gasteiger partial charge in [-0.2, -0.15) is 0 Å². The summed E-state index contributed by atoms with van der Waals surface area (Å²) >= 11 is 0. The monoisotopic (exact) mass is 348 g/mol. The molecular formula is C19H28N2O4. The van der Waals surface area contributed by atoms with Crippen molar-refractivity contribution in [2.24, 2.45) is 11.8 Å². The van der Waals surface area contributed by atoms with E-state index in [2.05, 4.69) is 4.90 Å². The Bertz CT molecular complexity index is 596. The number of carbonyl (C=O) groups excluding carboxylic acids is 1. The minimum absolute atomic E-state index is 0.0120. The lowest BCUT2D eigenvalue weighted by atomic mass is 9.79. The Hall–Kier alpha value is -1.37. The van der Waals surface area contributed by atoms with E-state index >= 15 is 0 Å². The number of ether oxygens (including phenoxy) is 1. The predicted molar refractivity (Wildman–Crippen MR) is 91.6 cm³/mol. The average Bonchev–Trinajstić information content (AvgIpc) is 3.06. The molecule has 3 aliphatic rings. The number of hydrogen-bond acceptors (Lipinski definition) is 5. The topological polar surface area (TPSA) is 55.2 Å². The van der Waals surface area contributed by atoms with E-state index < -0.39 is 0 Å². The molecule has 0 unspecified atom stereocenters. The van der Waals surface area contributed by atoms with Gasteiger partial charge in [0.05, 0.1) is 19.3 Å². The molecule has 1 aromatic heterocycles. The van der Waals surface area contributed by atoms with E-state index in [0.717, 1.165) is 63.4 Å². The maximum Gasteiger partial charge on any atom is 0.249 e. The highest BCUT2D eigenvalue weighted by Gasteiger charge is 2.43. The van der Waals surface area contributed by atoms with E-state index in [9.17, 15) is 4.79 Å². The van der Waals surface area contributed by atoms with Crippen LogP contribution in [0, 0.1) is 18.8 Å². The first-order valence-corrected chi connectivity index (χ1v) is 9.54. The highest BCUT2D eigenvalue weighted by atomic mass is 16.7. The lowest BCUT2D eigenvalue weighted by Gasteiger charge is -2.45. The van der Waals surface area contributed by atoms with Crippen LogP contribution in [0.4, 0.5) is 0 Å². The van der Waals surface area contributed by atoms with Crippen LogP contribution in [0.1, 0.15) is 37.2 Å². The summed E-state index contributed by atoms with van der Waals surface area (Å²) in [6, 6.07) is 4.05. The molecule has 138 valence electrons. The molecule has 6 heteroatoms. The number of hydroxylamine groups is 2. The van der Waals surface area contributed by atoms with Crippen molar-refractivity contribution in [3.8, 4) is 0 Å². The highest BCUT2D eigenvalue weighted by Crippen LogP contribution is 2.35. The number of fused-ring (bicyclic) bond motifs is 1. The van der Waals surface area contributed by atoms with Crippen LogP contribution in [-0.4, -0.2) is 54.8 Å². The summed E-state index contributed by atoms with van der Waals surface area (Å²) in [5, 5.41) is 1.62. The molecular weight excluding hydrogens is 320 g/mol. The maximum atomic E-state index is 13.0. The number of likely N-dealkylation sites (tertiary alicyclic amines) is 1. The van der Waals surface area contributed by atoms with Gasteiger partial charge >= 0.3 is 0 Å². The van der Waals surface area contributed by atoms with Gasteiger partial charge in [-0.3, -0.25) is 14.5 Å². The van der Waals surface area contributed by atoms with Gasteiger partial charge < -0.3 is 9.15 Å². The molecule has 0 radical (unpaired) electrons. The number of furan rings is 1. The van der Waals surface area contributed by atoms with Crippen LogP contribution in [0.5, 0.6) is 0 Å². The zero-order valence-corrected chi connectivity index (χ0v) is 15.0. The van der Waals surface area contributed by atoms with Gasteiger partial charge in [0.25, 0.3) is 0 Å². The van der Waals surface area contributed by atoms with Crippen LogP contribution in [0.15, 0.2) is 16.5 Å². The molecule has 0 aliphatic carbocycles. The second kappa shape index (κ2) is 7.48. The Morgan fingerprint density at radius 3 is 2.88 bits per heavy atom. The van der Waals surface area contributed by atoms with Gasteiger partial charge in [-0.15, -0.1) is 0 Å². The van der Waals surface area contributed by atoms with E-state index in [1.807, 2.05) is 19.1 Å². The second-order valence-electron chi connectivity index (χ2n) is 7.49. The van der Waals surface area contributed by atoms with Crippen molar-refractivity contribution in [3.63, 3.8) is 0 Å². The summed E-state index contributed by atoms with van der Waals surface area (Å²) in [5.41, 5.74) is 0. The molecule has 6 nitrogen and oxygen atoms in total. The number of rotatable bonds is 3. The van der Waals surface area contributed by atoms with E-state index in [-0.39, 0.29) is 23.8 Å². The number of hydrogen-bond donors (Lipinski definition) is 0. The Kier molecular flexibility index (Phi) is 5.10. The molecule has 0 bridgehead atoms. The van der Waals surface area contributed by atoms with Crippen LogP contribution >= 0.6 is 0 Å². The summed E-state index contributed by atoms with van der Waals surface area (Å²) in [4.78, 5) is 21.0. The minimum Gasteiger partial charge on any atom is -0.465 e. The quantitative estimate of drug-likeness (QED) is 0.839. The van der Waals surface area contributed by atoms with Crippen molar-refractivity contribution in [3.05, 3.63) is 23.7 Å². The summed E-state index contributed by atoms with van der Waals surface area (Å²) in [6.07, 6.45) is 4.05. The van der Waals surface area contributed by atoms with Crippen molar-refractivity contribution < 1.29 is 18.8 Å². The van der Waals surface area contributed by atoms with Crippen molar-refractivity contribution >= 4 is 5.91 Å². The van der Waals surface area contributed by atoms with Gasteiger partial charge in [-0.05, 0) is 44.7 Å². The summed E-state index contributed by atoms with van der Waals surface area (Å²) in [7, 11) is 0. The first-order chi connectivity index (χ1) is 12.2. The number of amides is 1. The molecule has 0 spiro atoms. The fourth-order valence-corrected chi connectivity index (χ4v) is 4.38. The van der Waals surface area contributed by atoms with E-state index in [1.54, 1.807) is 5.06 Å². The summed E-state index contributed by atoms with van der Waals surface area (Å²) in [6.45, 7) is 6.71. The Labute approximate surface area is 149 Å². The van der Waals surface area contributed by atoms with Crippen LogP contribution < -0.4 is 0 Å². The molecule has 3 saturated heterocycles. The number of aryl methyl sites for hydroxylation is 1. The minimum atomic E-state index is 0.0120. The summed E-state index contributed by atoms with van der Waals surface area (Å²) in [5.74, 6) is 2.36. The fourth-order valence-electron chi connectivity index (χ4n) is 4.38. The van der Waals surface area contributed by atoms with Gasteiger partial charge in [0.15, 0.2) is 0 Å². The van der Waals surface area contributed by atoms with Crippen LogP contribution in [0.25, 0.3) is 0 Å². The SMILES string of the molecule is Cc1ccc(CN2CC[C@H]3OCC[C@@H](C(=O)N4CCCCO4)[C@@H]3C2)o1. The number of piperidine rings is 1. The van der Waals surface area contributed by atoms with Crippen LogP contribution in [0.3, 0.4) is 0 Å². The third-order valence-electron chi connectivity index (χ3n) is 5.70. The maximum absolute atomic E-state index is 13.0. The molecule has 0 saturated carbocycles. The summed E-state index contributed by atoms with van der Waals surface area (Å²) < 4.78 is 11.7. The zero-order valence-electron chi connectivity index (χ0n) is 15.0. The van der Waals surface area contributed by atoms with Gasteiger partial charge in [-0.25, -0.2) is 5.06 Å². The molecule has 0 N–H and O–H groups in total. The van der Waals surface area contributed by atoms with Gasteiger partial charge in [0, 0.05) is 38.1 Å². The third kappa shape index (κ3) is 3.76. The molecule has 0 aromatic carbocycles. The Balaban J connectivity index is 1.43. The van der Waals surface area contributed by atoms with E-state index in [4.69, 9.17) is 14.0 Å². The van der Waals surface area contributed by atoms with Crippen molar-refractivity contribution in [2.45, 2.75) is 45.3 Å². The molecule has 3 aliphatic heterocycles. The fraction of sp³-hybridized carbons (Fsp3) is 0.737. The van der Waals surface area contributed by atoms with E-state index in [0.29, 0.717) is 13.2 Å². The average molecular weight is 348 g/mol. The molecule has 4 heterocycles. The van der Waals surface area contributed by atoms with Crippen molar-refractivity contribution in [1.29, 1.82) is 0 Å². The largest absolute Gasteiger partial charge is 0.465 e. The molecule has 25 heavy (non-hydrogen) atoms. The molecule has 3 atom stereocenters. The van der Waals surface area contributed by atoms with Gasteiger partial charge in [0.1, 0.15) is 11.5 Å². The Morgan fingerprint density at radius 1 is 1.20 bits per heavy atom. The lowest BCUT2D eigenvalue weighted by Crippen LogP contribution is -2.54. The van der Waals surface area contributed by atoms with E-state index in [1.165, 1.54) is 0 Å². The molecule has 3 fully saturated rings. The highest BCUT2D eigenvalue weighted by molar-refractivity contribution is 5.78. The van der Waals surface area contributed by atoms with Crippen molar-refractivity contribution in [2.75, 3.05) is 32.8 Å². The molecule has 4 rings (SSSR count). The molecule has 1 amide bonds. The smallest absolute Gasteiger partial charge is 0.249 e. The van der Waals surface area contributed by atoms with Crippen LogP contribution in [-0.2, 0) is 20.9 Å². The first kappa shape index (κ1) is 17.1. The standard InChI is InChI=1S/C19H28N2O4/c1-14-4-5-15(25-14)12-20-9-6-18-17(13-20)16(7-11-23-18)19(22)21-8-2-3-10-24-21/h4-5,16-18H,2-3,6-13H2,1H3/t16-,17+,18-/m1/s1. The lowest BCUT2D eigenvalue weighted by molar-refractivity contribution is -0.210. The first-order valence-electron chi connectivity index (χ1n) is 9.54. The Morgan fingerprint density at radius 2 is 2.12 bits per heavy atom. The predicted octanol–water partition coefficient (Wildman–Crippen LogP) is 2.37. The second-order valence-corrected chi connectivity index (χ2v) is 7.49. The normalized spacial score (nSPS) is 30.9. The third-order valence-corrected chi connectivity index (χ3v) is 5.70. The van der Waals surface area contributed by atoms with Gasteiger partial charge in [-0.1, -0.05) is 0 Å². The van der Waals surface area contributed by atoms with Crippen LogP contribution in [0.2, 0.25) is 0 Å². The van der Waals surface area contributed by atoms with Gasteiger partial charge in [0.2, 0.25) is 5.91 Å². The van der Waals surface area contributed by atoms with Crippen molar-refractivity contribution in [1.82, 2.24) is 9.96 Å². The zero-order chi connectivity index (χ0) is 17.2. The number of nitrogens with zero attached hydrogens (tertiary/aromatic N) is 2.